The van der Waals surface area contributed by atoms with Crippen LogP contribution in [-0.4, -0.2) is 74.3 Å². The molecule has 0 bridgehead atoms. The highest BCUT2D eigenvalue weighted by Crippen LogP contribution is 2.43. The third-order valence-corrected chi connectivity index (χ3v) is 9.97. The van der Waals surface area contributed by atoms with E-state index in [2.05, 4.69) is 30.9 Å². The number of piperidine rings is 1. The topological polar surface area (TPSA) is 71.4 Å². The number of likely N-dealkylation sites (N-methyl/N-ethyl adjacent to an activating group) is 1. The second kappa shape index (κ2) is 12.4. The molecule has 3 aliphatic heterocycles. The molecule has 41 heavy (non-hydrogen) atoms. The number of hydrogen-bond donors (Lipinski definition) is 1. The fraction of sp³-hybridized carbons (Fsp3) is 0.600. The summed E-state index contributed by atoms with van der Waals surface area (Å²) in [6, 6.07) is 4.06. The van der Waals surface area contributed by atoms with Crippen molar-refractivity contribution in [1.82, 2.24) is 28.8 Å². The number of aromatic nitrogens is 4. The summed E-state index contributed by atoms with van der Waals surface area (Å²) in [4.78, 5) is 4.58. The van der Waals surface area contributed by atoms with E-state index in [1.165, 1.54) is 17.7 Å². The molecule has 8 nitrogen and oxygen atoms in total. The molecule has 0 amide bonds. The number of halogens is 2. The molecule has 5 heterocycles. The van der Waals surface area contributed by atoms with E-state index < -0.39 is 6.43 Å². The van der Waals surface area contributed by atoms with Gasteiger partial charge in [-0.2, -0.15) is 10.2 Å². The van der Waals surface area contributed by atoms with Gasteiger partial charge in [0.05, 0.1) is 12.2 Å². The van der Waals surface area contributed by atoms with E-state index in [1.54, 1.807) is 16.9 Å². The number of anilines is 2. The molecule has 3 aliphatic rings. The van der Waals surface area contributed by atoms with Crippen molar-refractivity contribution < 1.29 is 8.78 Å². The standard InChI is InChI=1S/C30H42F2N8S/c1-36-12-9-27-26(20-36)30(35-40(27)23-7-13-38(14-8-23)41-15-4-3-10-33)39-11-5-6-21-16-24(22-18-34-37(2)19-22)25(29(31)32)17-28(21)39/h16-19,23,29H,3-15,20,33H2,1-2H3. The molecule has 1 aromatic carbocycles. The van der Waals surface area contributed by atoms with Crippen LogP contribution >= 0.6 is 11.9 Å². The quantitative estimate of drug-likeness (QED) is 0.270. The first-order valence-electron chi connectivity index (χ1n) is 15.0. The van der Waals surface area contributed by atoms with Gasteiger partial charge in [0.1, 0.15) is 0 Å². The van der Waals surface area contributed by atoms with Crippen molar-refractivity contribution in [2.45, 2.75) is 64.0 Å². The third-order valence-electron chi connectivity index (χ3n) is 8.77. The number of alkyl halides is 2. The molecule has 11 heteroatoms. The van der Waals surface area contributed by atoms with Crippen LogP contribution in [0.5, 0.6) is 0 Å². The Balaban J connectivity index is 1.31. The summed E-state index contributed by atoms with van der Waals surface area (Å²) in [6.45, 7) is 5.51. The molecule has 222 valence electrons. The van der Waals surface area contributed by atoms with Crippen molar-refractivity contribution in [3.05, 3.63) is 46.9 Å². The van der Waals surface area contributed by atoms with Gasteiger partial charge < -0.3 is 15.5 Å². The van der Waals surface area contributed by atoms with Crippen LogP contribution in [-0.2, 0) is 26.4 Å². The van der Waals surface area contributed by atoms with Gasteiger partial charge in [-0.25, -0.2) is 8.78 Å². The minimum absolute atomic E-state index is 0.0606. The summed E-state index contributed by atoms with van der Waals surface area (Å²) in [7, 11) is 3.97. The second-order valence-electron chi connectivity index (χ2n) is 11.7. The van der Waals surface area contributed by atoms with Crippen molar-refractivity contribution in [3.8, 4) is 11.1 Å². The molecule has 0 spiro atoms. The summed E-state index contributed by atoms with van der Waals surface area (Å²) >= 11 is 1.95. The summed E-state index contributed by atoms with van der Waals surface area (Å²) in [5.74, 6) is 2.09. The number of benzene rings is 1. The zero-order valence-corrected chi connectivity index (χ0v) is 25.1. The van der Waals surface area contributed by atoms with E-state index in [-0.39, 0.29) is 5.56 Å². The first-order chi connectivity index (χ1) is 19.9. The number of nitrogens with two attached hydrogens (primary N) is 1. The van der Waals surface area contributed by atoms with Crippen LogP contribution in [0.1, 0.15) is 67.0 Å². The zero-order valence-electron chi connectivity index (χ0n) is 24.2. The highest BCUT2D eigenvalue weighted by molar-refractivity contribution is 7.97. The van der Waals surface area contributed by atoms with Gasteiger partial charge >= 0.3 is 0 Å². The number of nitrogens with zero attached hydrogens (tertiary/aromatic N) is 7. The smallest absolute Gasteiger partial charge is 0.264 e. The molecular weight excluding hydrogens is 542 g/mol. The minimum Gasteiger partial charge on any atom is -0.330 e. The maximum Gasteiger partial charge on any atom is 0.264 e. The summed E-state index contributed by atoms with van der Waals surface area (Å²) in [5.41, 5.74) is 11.6. The van der Waals surface area contributed by atoms with Crippen LogP contribution in [0, 0.1) is 0 Å². The maximum absolute atomic E-state index is 14.5. The van der Waals surface area contributed by atoms with Crippen LogP contribution in [0.15, 0.2) is 24.5 Å². The Bertz CT molecular complexity index is 1350. The SMILES string of the molecule is CN1CCc2c(c(N3CCCc4cc(-c5cnn(C)c5)c(C(F)F)cc43)nn2C2CCN(SCCCCN)CC2)C1. The minimum atomic E-state index is -2.57. The Morgan fingerprint density at radius 2 is 1.90 bits per heavy atom. The lowest BCUT2D eigenvalue weighted by Crippen LogP contribution is -2.33. The number of hydrogen-bond acceptors (Lipinski definition) is 7. The van der Waals surface area contributed by atoms with Gasteiger partial charge in [0.2, 0.25) is 0 Å². The molecule has 1 saturated heterocycles. The molecule has 2 N–H and O–H groups in total. The van der Waals surface area contributed by atoms with Crippen molar-refractivity contribution in [2.24, 2.45) is 12.8 Å². The van der Waals surface area contributed by atoms with E-state index >= 15 is 0 Å². The maximum atomic E-state index is 14.5. The first-order valence-corrected chi connectivity index (χ1v) is 16.0. The monoisotopic (exact) mass is 584 g/mol. The molecule has 0 atom stereocenters. The van der Waals surface area contributed by atoms with Gasteiger partial charge in [-0.1, -0.05) is 11.9 Å². The lowest BCUT2D eigenvalue weighted by atomic mass is 9.92. The van der Waals surface area contributed by atoms with E-state index in [4.69, 9.17) is 10.8 Å². The fourth-order valence-corrected chi connectivity index (χ4v) is 7.66. The van der Waals surface area contributed by atoms with Gasteiger partial charge in [0.15, 0.2) is 5.82 Å². The van der Waals surface area contributed by atoms with Crippen molar-refractivity contribution >= 4 is 23.5 Å². The van der Waals surface area contributed by atoms with Gasteiger partial charge in [0.25, 0.3) is 6.43 Å². The van der Waals surface area contributed by atoms with Crippen LogP contribution < -0.4 is 10.6 Å². The largest absolute Gasteiger partial charge is 0.330 e. The second-order valence-corrected chi connectivity index (χ2v) is 12.9. The first kappa shape index (κ1) is 28.6. The Kier molecular flexibility index (Phi) is 8.67. The molecule has 0 unspecified atom stereocenters. The number of unbranched alkanes of at least 4 members (excludes halogenated alkanes) is 1. The molecule has 6 rings (SSSR count). The summed E-state index contributed by atoms with van der Waals surface area (Å²) < 4.78 is 35.4. The van der Waals surface area contributed by atoms with Gasteiger partial charge in [-0.3, -0.25) is 13.7 Å². The van der Waals surface area contributed by atoms with Gasteiger partial charge in [0, 0.05) is 86.2 Å². The molecular formula is C30H42F2N8S. The van der Waals surface area contributed by atoms with Crippen LogP contribution in [0.25, 0.3) is 11.1 Å². The van der Waals surface area contributed by atoms with E-state index in [1.807, 2.05) is 31.3 Å². The predicted molar refractivity (Wildman–Crippen MR) is 162 cm³/mol. The molecule has 0 aliphatic carbocycles. The number of fused-ring (bicyclic) bond motifs is 2. The Labute approximate surface area is 246 Å². The number of aryl methyl sites for hydroxylation is 2. The molecule has 2 aromatic heterocycles. The van der Waals surface area contributed by atoms with Crippen LogP contribution in [0.3, 0.4) is 0 Å². The Hall–Kier alpha value is -2.47. The van der Waals surface area contributed by atoms with E-state index in [0.29, 0.717) is 11.6 Å². The van der Waals surface area contributed by atoms with Gasteiger partial charge in [-0.05, 0) is 75.4 Å². The third kappa shape index (κ3) is 5.91. The average molecular weight is 585 g/mol. The lowest BCUT2D eigenvalue weighted by Gasteiger charge is -2.33. The molecule has 0 radical (unpaired) electrons. The Morgan fingerprint density at radius 1 is 1.07 bits per heavy atom. The van der Waals surface area contributed by atoms with Gasteiger partial charge in [-0.15, -0.1) is 0 Å². The van der Waals surface area contributed by atoms with Crippen molar-refractivity contribution in [1.29, 1.82) is 0 Å². The predicted octanol–water partition coefficient (Wildman–Crippen LogP) is 5.32. The lowest BCUT2D eigenvalue weighted by molar-refractivity contribution is 0.152. The van der Waals surface area contributed by atoms with Crippen molar-refractivity contribution in [3.63, 3.8) is 0 Å². The zero-order chi connectivity index (χ0) is 28.5. The Morgan fingerprint density at radius 3 is 2.63 bits per heavy atom. The average Bonchev–Trinajstić information content (AvgIpc) is 3.58. The van der Waals surface area contributed by atoms with Crippen molar-refractivity contribution in [2.75, 3.05) is 50.4 Å². The normalized spacial score (nSPS) is 18.7. The fourth-order valence-electron chi connectivity index (χ4n) is 6.60. The van der Waals surface area contributed by atoms with Crippen LogP contribution in [0.4, 0.5) is 20.3 Å². The van der Waals surface area contributed by atoms with E-state index in [9.17, 15) is 8.78 Å². The van der Waals surface area contributed by atoms with Crippen LogP contribution in [0.2, 0.25) is 0 Å². The van der Waals surface area contributed by atoms with E-state index in [0.717, 1.165) is 106 Å². The highest BCUT2D eigenvalue weighted by atomic mass is 32.2. The molecule has 0 saturated carbocycles. The molecule has 3 aromatic rings. The number of rotatable bonds is 9. The summed E-state index contributed by atoms with van der Waals surface area (Å²) in [6.07, 6.45) is 8.12. The summed E-state index contributed by atoms with van der Waals surface area (Å²) in [5, 5.41) is 9.55. The molecule has 1 fully saturated rings. The highest BCUT2D eigenvalue weighted by Gasteiger charge is 2.33.